The highest BCUT2D eigenvalue weighted by Crippen LogP contribution is 2.35. The van der Waals surface area contributed by atoms with Crippen LogP contribution < -0.4 is 5.32 Å². The molecule has 1 fully saturated rings. The van der Waals surface area contributed by atoms with Gasteiger partial charge in [0.25, 0.3) is 0 Å². The van der Waals surface area contributed by atoms with E-state index in [1.54, 1.807) is 0 Å². The van der Waals surface area contributed by atoms with Crippen LogP contribution >= 0.6 is 0 Å². The fourth-order valence-corrected chi connectivity index (χ4v) is 6.12. The second-order valence-corrected chi connectivity index (χ2v) is 10.9. The van der Waals surface area contributed by atoms with Crippen LogP contribution in [0.1, 0.15) is 36.7 Å². The van der Waals surface area contributed by atoms with Gasteiger partial charge < -0.3 is 5.32 Å². The van der Waals surface area contributed by atoms with Gasteiger partial charge in [0.2, 0.25) is 21.8 Å². The first-order chi connectivity index (χ1) is 19.5. The van der Waals surface area contributed by atoms with Crippen LogP contribution in [0.2, 0.25) is 0 Å². The Hall–Kier alpha value is -3.73. The van der Waals surface area contributed by atoms with E-state index in [9.17, 15) is 48.3 Å². The minimum absolute atomic E-state index is 0.0283. The summed E-state index contributed by atoms with van der Waals surface area (Å²) in [6, 6.07) is -1.30. The number of pyridine rings is 1. The van der Waals surface area contributed by atoms with Gasteiger partial charge in [-0.15, -0.1) is 0 Å². The van der Waals surface area contributed by atoms with Gasteiger partial charge in [0.15, 0.2) is 0 Å². The highest BCUT2D eigenvalue weighted by molar-refractivity contribution is 7.93. The molecule has 8 nitrogen and oxygen atoms in total. The molecule has 0 bridgehead atoms. The van der Waals surface area contributed by atoms with Crippen LogP contribution in [0, 0.1) is 0 Å². The number of carbonyl (C=O) groups excluding carboxylic acids is 1. The lowest BCUT2D eigenvalue weighted by molar-refractivity contribution is -0.145. The Balaban J connectivity index is 1.91. The van der Waals surface area contributed by atoms with Crippen molar-refractivity contribution in [2.45, 2.75) is 50.7 Å². The van der Waals surface area contributed by atoms with Gasteiger partial charge in [0.05, 0.1) is 16.2 Å². The fourth-order valence-electron chi connectivity index (χ4n) is 4.21. The molecule has 1 amide bonds. The monoisotopic (exact) mass is 625 g/mol. The molecular formula is C25H23F8N5O3S. The smallest absolute Gasteiger partial charge is 0.351 e. The number of aromatic nitrogens is 3. The molecule has 228 valence electrons. The maximum atomic E-state index is 13.7. The summed E-state index contributed by atoms with van der Waals surface area (Å²) in [6.45, 7) is 2.46. The number of hydrogen-bond donors (Lipinski definition) is 1. The third-order valence-electron chi connectivity index (χ3n) is 6.14. The predicted molar refractivity (Wildman–Crippen MR) is 134 cm³/mol. The van der Waals surface area contributed by atoms with E-state index >= 15 is 0 Å². The molecule has 0 saturated carbocycles. The number of nitrogens with one attached hydrogen (secondary N) is 1. The van der Waals surface area contributed by atoms with Crippen molar-refractivity contribution >= 4 is 15.9 Å². The lowest BCUT2D eigenvalue weighted by Gasteiger charge is -2.27. The third kappa shape index (κ3) is 7.36. The average Bonchev–Trinajstić information content (AvgIpc) is 3.32. The zero-order chi connectivity index (χ0) is 31.5. The first-order valence-corrected chi connectivity index (χ1v) is 13.5. The molecule has 3 heterocycles. The van der Waals surface area contributed by atoms with Gasteiger partial charge in [-0.25, -0.2) is 27.2 Å². The predicted octanol–water partition coefficient (Wildman–Crippen LogP) is 5.27. The summed E-state index contributed by atoms with van der Waals surface area (Å²) in [4.78, 5) is 22.4. The Kier molecular flexibility index (Phi) is 9.87. The van der Waals surface area contributed by atoms with Crippen molar-refractivity contribution in [2.24, 2.45) is 0 Å². The molecule has 2 aromatic heterocycles. The molecule has 3 rings (SSSR count). The molecule has 0 aromatic carbocycles. The van der Waals surface area contributed by atoms with Crippen molar-refractivity contribution in [1.29, 1.82) is 0 Å². The van der Waals surface area contributed by atoms with E-state index in [1.807, 2.05) is 0 Å². The van der Waals surface area contributed by atoms with Crippen molar-refractivity contribution in [3.05, 3.63) is 77.1 Å². The standard InChI is InChI=1S/C25H23F8N5O3S/c1-3-4-18(8-17(27)9-26)42(40,41)38-14(2)5-6-21(38)22(39)35-10-15-7-20(34-13-19(15)24(28,29)30)16-11-36-23(37-12-16)25(31,32)33/h3-4,7-8,11-14,21H,1,5-6,9-10H2,2H3,(H,35,39)/b17-8+,18-4+/t14-,21-/m0/s1. The van der Waals surface area contributed by atoms with E-state index < -0.39 is 81.3 Å². The molecular weight excluding hydrogens is 602 g/mol. The van der Waals surface area contributed by atoms with E-state index in [0.29, 0.717) is 12.3 Å². The molecule has 1 aliphatic rings. The van der Waals surface area contributed by atoms with E-state index in [1.165, 1.54) is 6.92 Å². The molecule has 0 aliphatic carbocycles. The van der Waals surface area contributed by atoms with Crippen LogP contribution in [0.15, 0.2) is 60.2 Å². The Morgan fingerprint density at radius 2 is 1.74 bits per heavy atom. The topological polar surface area (TPSA) is 105 Å². The highest BCUT2D eigenvalue weighted by Gasteiger charge is 2.44. The molecule has 1 aliphatic heterocycles. The number of nitrogens with zero attached hydrogens (tertiary/aromatic N) is 4. The van der Waals surface area contributed by atoms with Crippen LogP contribution in [0.5, 0.6) is 0 Å². The van der Waals surface area contributed by atoms with Crippen molar-refractivity contribution in [3.8, 4) is 11.3 Å². The SMILES string of the molecule is C=C/C=C(\C=C(\F)CF)S(=O)(=O)N1[C@@H](C)CC[C@H]1C(=O)NCc1cc(-c2cnc(C(F)(F)F)nc2)ncc1C(F)(F)F. The van der Waals surface area contributed by atoms with Crippen LogP contribution in [0.4, 0.5) is 35.1 Å². The number of allylic oxidation sites excluding steroid dienone is 4. The summed E-state index contributed by atoms with van der Waals surface area (Å²) < 4.78 is 133. The van der Waals surface area contributed by atoms with Gasteiger partial charge in [-0.3, -0.25) is 9.78 Å². The number of amides is 1. The van der Waals surface area contributed by atoms with Crippen molar-refractivity contribution in [1.82, 2.24) is 24.6 Å². The second-order valence-electron chi connectivity index (χ2n) is 9.04. The summed E-state index contributed by atoms with van der Waals surface area (Å²) in [7, 11) is -4.59. The van der Waals surface area contributed by atoms with Gasteiger partial charge in [-0.05, 0) is 43.5 Å². The summed E-state index contributed by atoms with van der Waals surface area (Å²) >= 11 is 0. The van der Waals surface area contributed by atoms with Gasteiger partial charge in [0, 0.05) is 36.7 Å². The largest absolute Gasteiger partial charge is 0.451 e. The fraction of sp³-hybridized carbons (Fsp3) is 0.360. The van der Waals surface area contributed by atoms with E-state index in [4.69, 9.17) is 0 Å². The molecule has 2 aromatic rings. The minimum atomic E-state index is -4.93. The summed E-state index contributed by atoms with van der Waals surface area (Å²) in [5, 5.41) is 2.26. The summed E-state index contributed by atoms with van der Waals surface area (Å²) in [5.74, 6) is -3.84. The second kappa shape index (κ2) is 12.6. The molecule has 2 atom stereocenters. The molecule has 0 unspecified atom stereocenters. The molecule has 17 heteroatoms. The van der Waals surface area contributed by atoms with Crippen molar-refractivity contribution < 1.29 is 48.3 Å². The van der Waals surface area contributed by atoms with E-state index in [0.717, 1.165) is 34.9 Å². The Bertz CT molecular complexity index is 1490. The molecule has 1 N–H and O–H groups in total. The van der Waals surface area contributed by atoms with Gasteiger partial charge >= 0.3 is 12.4 Å². The van der Waals surface area contributed by atoms with Crippen LogP contribution in [-0.2, 0) is 33.7 Å². The number of halogens is 8. The normalized spacial score (nSPS) is 19.2. The Morgan fingerprint density at radius 3 is 2.29 bits per heavy atom. The average molecular weight is 626 g/mol. The number of hydrogen-bond acceptors (Lipinski definition) is 6. The quantitative estimate of drug-likeness (QED) is 0.301. The minimum Gasteiger partial charge on any atom is -0.351 e. The highest BCUT2D eigenvalue weighted by atomic mass is 32.2. The summed E-state index contributed by atoms with van der Waals surface area (Å²) in [5.41, 5.74) is -2.14. The van der Waals surface area contributed by atoms with Crippen molar-refractivity contribution in [3.63, 3.8) is 0 Å². The first-order valence-electron chi connectivity index (χ1n) is 12.0. The molecule has 0 spiro atoms. The van der Waals surface area contributed by atoms with Crippen LogP contribution in [-0.4, -0.2) is 52.3 Å². The van der Waals surface area contributed by atoms with Crippen LogP contribution in [0.3, 0.4) is 0 Å². The lowest BCUT2D eigenvalue weighted by atomic mass is 10.1. The van der Waals surface area contributed by atoms with Gasteiger partial charge in [0.1, 0.15) is 18.5 Å². The lowest BCUT2D eigenvalue weighted by Crippen LogP contribution is -2.48. The number of alkyl halides is 7. The molecule has 1 saturated heterocycles. The number of sulfonamides is 1. The zero-order valence-corrected chi connectivity index (χ0v) is 22.5. The maximum absolute atomic E-state index is 13.7. The number of carbonyl (C=O) groups is 1. The maximum Gasteiger partial charge on any atom is 0.451 e. The van der Waals surface area contributed by atoms with Gasteiger partial charge in [-0.2, -0.15) is 30.6 Å². The van der Waals surface area contributed by atoms with Gasteiger partial charge in [-0.1, -0.05) is 12.7 Å². The Labute approximate surface area is 234 Å². The number of rotatable bonds is 9. The first kappa shape index (κ1) is 32.8. The van der Waals surface area contributed by atoms with E-state index in [2.05, 4.69) is 26.8 Å². The Morgan fingerprint density at radius 1 is 1.10 bits per heavy atom. The molecule has 0 radical (unpaired) electrons. The summed E-state index contributed by atoms with van der Waals surface area (Å²) in [6.07, 6.45) is -5.38. The molecule has 42 heavy (non-hydrogen) atoms. The van der Waals surface area contributed by atoms with E-state index in [-0.39, 0.29) is 24.1 Å². The third-order valence-corrected chi connectivity index (χ3v) is 8.15. The van der Waals surface area contributed by atoms with Crippen LogP contribution in [0.25, 0.3) is 11.3 Å². The van der Waals surface area contributed by atoms with Crippen molar-refractivity contribution in [2.75, 3.05) is 6.67 Å². The zero-order valence-electron chi connectivity index (χ0n) is 21.7.